The second-order valence-electron chi connectivity index (χ2n) is 5.40. The van der Waals surface area contributed by atoms with Gasteiger partial charge in [0.05, 0.1) is 18.5 Å². The third-order valence-electron chi connectivity index (χ3n) is 3.22. The zero-order chi connectivity index (χ0) is 15.2. The lowest BCUT2D eigenvalue weighted by Gasteiger charge is -2.27. The summed E-state index contributed by atoms with van der Waals surface area (Å²) in [5, 5.41) is 11.7. The van der Waals surface area contributed by atoms with E-state index in [4.69, 9.17) is 11.0 Å². The van der Waals surface area contributed by atoms with Gasteiger partial charge in [-0.05, 0) is 12.8 Å². The van der Waals surface area contributed by atoms with Crippen molar-refractivity contribution in [3.8, 4) is 6.07 Å². The molecule has 1 atom stereocenters. The average molecular weight is 298 g/mol. The molecule has 1 unspecified atom stereocenters. The Balaban J connectivity index is 2.43. The SMILES string of the molecule is CC(C)(CC(=O)N1CCCC1C#N)SCNC(=O)CN. The molecule has 3 N–H and O–H groups in total. The first-order chi connectivity index (χ1) is 9.39. The molecule has 0 aromatic rings. The number of likely N-dealkylation sites (tertiary alicyclic amines) is 1. The minimum absolute atomic E-state index is 0.0108. The Hall–Kier alpha value is -1.26. The number of carbonyl (C=O) groups is 2. The highest BCUT2D eigenvalue weighted by Crippen LogP contribution is 2.29. The van der Waals surface area contributed by atoms with E-state index in [1.54, 1.807) is 4.90 Å². The normalized spacial score (nSPS) is 18.7. The number of nitrogens with one attached hydrogen (secondary N) is 1. The van der Waals surface area contributed by atoms with Gasteiger partial charge >= 0.3 is 0 Å². The van der Waals surface area contributed by atoms with Crippen molar-refractivity contribution in [3.63, 3.8) is 0 Å². The van der Waals surface area contributed by atoms with E-state index in [2.05, 4.69) is 11.4 Å². The molecule has 7 heteroatoms. The van der Waals surface area contributed by atoms with Crippen LogP contribution in [0.3, 0.4) is 0 Å². The Morgan fingerprint density at radius 1 is 1.55 bits per heavy atom. The fraction of sp³-hybridized carbons (Fsp3) is 0.769. The quantitative estimate of drug-likeness (QED) is 0.693. The molecule has 1 heterocycles. The maximum absolute atomic E-state index is 12.2. The number of thioether (sulfide) groups is 1. The summed E-state index contributed by atoms with van der Waals surface area (Å²) in [6, 6.07) is 1.90. The second kappa shape index (κ2) is 7.50. The van der Waals surface area contributed by atoms with Crippen molar-refractivity contribution < 1.29 is 9.59 Å². The lowest BCUT2D eigenvalue weighted by atomic mass is 10.1. The van der Waals surface area contributed by atoms with Crippen LogP contribution in [0, 0.1) is 11.3 Å². The number of hydrogen-bond acceptors (Lipinski definition) is 5. The van der Waals surface area contributed by atoms with Gasteiger partial charge in [-0.1, -0.05) is 13.8 Å². The number of amides is 2. The van der Waals surface area contributed by atoms with Crippen LogP contribution in [0.1, 0.15) is 33.1 Å². The lowest BCUT2D eigenvalue weighted by molar-refractivity contribution is -0.131. The summed E-state index contributed by atoms with van der Waals surface area (Å²) in [6.45, 7) is 4.56. The van der Waals surface area contributed by atoms with Crippen LogP contribution >= 0.6 is 11.8 Å². The van der Waals surface area contributed by atoms with E-state index in [1.165, 1.54) is 11.8 Å². The lowest BCUT2D eigenvalue weighted by Crippen LogP contribution is -2.39. The van der Waals surface area contributed by atoms with Gasteiger partial charge in [0.25, 0.3) is 0 Å². The van der Waals surface area contributed by atoms with E-state index < -0.39 is 0 Å². The van der Waals surface area contributed by atoms with Crippen molar-refractivity contribution in [2.24, 2.45) is 5.73 Å². The minimum Gasteiger partial charge on any atom is -0.346 e. The third-order valence-corrected chi connectivity index (χ3v) is 4.43. The molecule has 0 saturated carbocycles. The molecule has 0 radical (unpaired) electrons. The first-order valence-electron chi connectivity index (χ1n) is 6.69. The third kappa shape index (κ3) is 5.02. The fourth-order valence-corrected chi connectivity index (χ4v) is 2.95. The van der Waals surface area contributed by atoms with Gasteiger partial charge in [-0.3, -0.25) is 9.59 Å². The van der Waals surface area contributed by atoms with Crippen molar-refractivity contribution >= 4 is 23.6 Å². The van der Waals surface area contributed by atoms with E-state index in [0.29, 0.717) is 18.8 Å². The largest absolute Gasteiger partial charge is 0.346 e. The molecule has 2 amide bonds. The fourth-order valence-electron chi connectivity index (χ4n) is 2.10. The van der Waals surface area contributed by atoms with E-state index in [0.717, 1.165) is 12.8 Å². The van der Waals surface area contributed by atoms with Gasteiger partial charge in [0.15, 0.2) is 0 Å². The smallest absolute Gasteiger partial charge is 0.234 e. The standard InChI is InChI=1S/C13H22N4O2S/c1-13(2,20-9-16-11(18)8-15)6-12(19)17-5-3-4-10(17)7-14/h10H,3-6,8-9,15H2,1-2H3,(H,16,18). The number of nitrogens with zero attached hydrogens (tertiary/aromatic N) is 2. The van der Waals surface area contributed by atoms with Crippen molar-refractivity contribution in [2.75, 3.05) is 19.0 Å². The molecule has 1 saturated heterocycles. The monoisotopic (exact) mass is 298 g/mol. The van der Waals surface area contributed by atoms with Crippen molar-refractivity contribution in [1.82, 2.24) is 10.2 Å². The van der Waals surface area contributed by atoms with Crippen molar-refractivity contribution in [2.45, 2.75) is 43.9 Å². The molecule has 20 heavy (non-hydrogen) atoms. The van der Waals surface area contributed by atoms with Crippen LogP contribution in [0.4, 0.5) is 0 Å². The molecule has 0 aromatic carbocycles. The summed E-state index contributed by atoms with van der Waals surface area (Å²) in [5.74, 6) is 0.235. The summed E-state index contributed by atoms with van der Waals surface area (Å²) >= 11 is 1.50. The zero-order valence-electron chi connectivity index (χ0n) is 12.0. The molecule has 0 aromatic heterocycles. The van der Waals surface area contributed by atoms with E-state index in [1.807, 2.05) is 13.8 Å². The Labute approximate surface area is 124 Å². The Morgan fingerprint density at radius 2 is 2.25 bits per heavy atom. The van der Waals surface area contributed by atoms with Crippen LogP contribution < -0.4 is 11.1 Å². The highest BCUT2D eigenvalue weighted by atomic mass is 32.2. The summed E-state index contributed by atoms with van der Waals surface area (Å²) < 4.78 is -0.290. The van der Waals surface area contributed by atoms with E-state index in [9.17, 15) is 9.59 Å². The Kier molecular flexibility index (Phi) is 6.30. The van der Waals surface area contributed by atoms with Gasteiger partial charge in [-0.25, -0.2) is 0 Å². The van der Waals surface area contributed by atoms with Crippen molar-refractivity contribution in [1.29, 1.82) is 5.26 Å². The summed E-state index contributed by atoms with van der Waals surface area (Å²) in [5.41, 5.74) is 5.20. The van der Waals surface area contributed by atoms with Crippen LogP contribution in [0.5, 0.6) is 0 Å². The number of carbonyl (C=O) groups excluding carboxylic acids is 2. The predicted molar refractivity (Wildman–Crippen MR) is 78.7 cm³/mol. The van der Waals surface area contributed by atoms with Gasteiger partial charge in [0.2, 0.25) is 11.8 Å². The average Bonchev–Trinajstić information content (AvgIpc) is 2.86. The first kappa shape index (κ1) is 16.8. The van der Waals surface area contributed by atoms with Crippen LogP contribution in [-0.4, -0.2) is 46.5 Å². The summed E-state index contributed by atoms with van der Waals surface area (Å²) in [4.78, 5) is 25.0. The molecule has 0 bridgehead atoms. The van der Waals surface area contributed by atoms with Gasteiger partial charge in [0.1, 0.15) is 6.04 Å². The second-order valence-corrected chi connectivity index (χ2v) is 7.09. The minimum atomic E-state index is -0.290. The highest BCUT2D eigenvalue weighted by molar-refractivity contribution is 8.00. The number of nitrogens with two attached hydrogens (primary N) is 1. The molecule has 112 valence electrons. The van der Waals surface area contributed by atoms with Gasteiger partial charge in [-0.2, -0.15) is 5.26 Å². The van der Waals surface area contributed by atoms with Crippen LogP contribution in [0.2, 0.25) is 0 Å². The molecule has 1 fully saturated rings. The molecule has 0 aliphatic carbocycles. The van der Waals surface area contributed by atoms with Gasteiger partial charge in [0, 0.05) is 17.7 Å². The molecule has 0 spiro atoms. The van der Waals surface area contributed by atoms with Crippen molar-refractivity contribution in [3.05, 3.63) is 0 Å². The first-order valence-corrected chi connectivity index (χ1v) is 7.68. The molecular weight excluding hydrogens is 276 g/mol. The van der Waals surface area contributed by atoms with Gasteiger partial charge in [-0.15, -0.1) is 11.8 Å². The topological polar surface area (TPSA) is 99.2 Å². The van der Waals surface area contributed by atoms with Gasteiger partial charge < -0.3 is 16.0 Å². The van der Waals surface area contributed by atoms with E-state index >= 15 is 0 Å². The van der Waals surface area contributed by atoms with Crippen LogP contribution in [0.25, 0.3) is 0 Å². The Morgan fingerprint density at radius 3 is 2.85 bits per heavy atom. The molecule has 6 nitrogen and oxygen atoms in total. The molecular formula is C13H22N4O2S. The van der Waals surface area contributed by atoms with Crippen LogP contribution in [-0.2, 0) is 9.59 Å². The zero-order valence-corrected chi connectivity index (χ0v) is 12.8. The number of nitriles is 1. The maximum Gasteiger partial charge on any atom is 0.234 e. The molecule has 1 aliphatic heterocycles. The number of hydrogen-bond donors (Lipinski definition) is 2. The van der Waals surface area contributed by atoms with E-state index in [-0.39, 0.29) is 29.1 Å². The van der Waals surface area contributed by atoms with Crippen LogP contribution in [0.15, 0.2) is 0 Å². The number of rotatable bonds is 6. The predicted octanol–water partition coefficient (Wildman–Crippen LogP) is 0.435. The maximum atomic E-state index is 12.2. The molecule has 1 rings (SSSR count). The highest BCUT2D eigenvalue weighted by Gasteiger charge is 2.32. The molecule has 1 aliphatic rings. The summed E-state index contributed by atoms with van der Waals surface area (Å²) in [6.07, 6.45) is 2.01. The Bertz CT molecular complexity index is 406. The summed E-state index contributed by atoms with van der Waals surface area (Å²) in [7, 11) is 0.